The van der Waals surface area contributed by atoms with Crippen LogP contribution < -0.4 is 19.5 Å². The first-order valence-corrected chi connectivity index (χ1v) is 9.33. The van der Waals surface area contributed by atoms with Gasteiger partial charge in [-0.1, -0.05) is 12.1 Å². The van der Waals surface area contributed by atoms with Gasteiger partial charge in [-0.2, -0.15) is 0 Å². The molecular weight excluding hydrogens is 358 g/mol. The lowest BCUT2D eigenvalue weighted by Crippen LogP contribution is -2.42. The predicted molar refractivity (Wildman–Crippen MR) is 104 cm³/mol. The third kappa shape index (κ3) is 3.68. The van der Waals surface area contributed by atoms with E-state index in [4.69, 9.17) is 14.2 Å². The number of rotatable bonds is 5. The van der Waals surface area contributed by atoms with E-state index < -0.39 is 5.60 Å². The van der Waals surface area contributed by atoms with E-state index in [9.17, 15) is 9.90 Å². The molecule has 6 heteroatoms. The summed E-state index contributed by atoms with van der Waals surface area (Å²) in [5.41, 5.74) is 1.70. The Kier molecular flexibility index (Phi) is 4.96. The number of fused-ring (bicyclic) bond motifs is 2. The topological polar surface area (TPSA) is 77.0 Å². The molecule has 1 atom stereocenters. The van der Waals surface area contributed by atoms with Gasteiger partial charge in [0, 0.05) is 6.08 Å². The highest BCUT2D eigenvalue weighted by Crippen LogP contribution is 2.36. The quantitative estimate of drug-likeness (QED) is 0.779. The fourth-order valence-corrected chi connectivity index (χ4v) is 3.73. The Morgan fingerprint density at radius 2 is 2.11 bits per heavy atom. The summed E-state index contributed by atoms with van der Waals surface area (Å²) in [5, 5.41) is 13.9. The Hall–Kier alpha value is -2.99. The number of hydrogen-bond donors (Lipinski definition) is 2. The summed E-state index contributed by atoms with van der Waals surface area (Å²) in [5.74, 6) is 1.90. The van der Waals surface area contributed by atoms with Crippen LogP contribution in [0.25, 0.3) is 6.08 Å². The van der Waals surface area contributed by atoms with Gasteiger partial charge in [0.1, 0.15) is 11.4 Å². The Labute approximate surface area is 163 Å². The number of carbonyl (C=O) groups excluding carboxylic acids is 1. The third-order valence-electron chi connectivity index (χ3n) is 5.23. The maximum Gasteiger partial charge on any atom is 0.244 e. The average Bonchev–Trinajstić information content (AvgIpc) is 3.18. The van der Waals surface area contributed by atoms with Crippen LogP contribution in [0, 0.1) is 0 Å². The predicted octanol–water partition coefficient (Wildman–Crippen LogP) is 2.78. The third-order valence-corrected chi connectivity index (χ3v) is 5.23. The SMILES string of the molecule is COc1ccc2c(c1)CCC[C@@]2(O)CNC(=O)/C=C/c1ccc2c(c1)OCO2. The van der Waals surface area contributed by atoms with E-state index in [-0.39, 0.29) is 19.2 Å². The summed E-state index contributed by atoms with van der Waals surface area (Å²) >= 11 is 0. The van der Waals surface area contributed by atoms with E-state index in [1.807, 2.05) is 36.4 Å². The Morgan fingerprint density at radius 3 is 2.96 bits per heavy atom. The van der Waals surface area contributed by atoms with Crippen molar-refractivity contribution in [2.24, 2.45) is 0 Å². The number of amides is 1. The average molecular weight is 381 g/mol. The van der Waals surface area contributed by atoms with Gasteiger partial charge in [0.25, 0.3) is 0 Å². The van der Waals surface area contributed by atoms with Crippen molar-refractivity contribution in [2.45, 2.75) is 24.9 Å². The van der Waals surface area contributed by atoms with Gasteiger partial charge >= 0.3 is 0 Å². The van der Waals surface area contributed by atoms with Gasteiger partial charge in [-0.15, -0.1) is 0 Å². The van der Waals surface area contributed by atoms with E-state index in [0.29, 0.717) is 17.9 Å². The summed E-state index contributed by atoms with van der Waals surface area (Å²) in [6, 6.07) is 11.2. The molecule has 0 aromatic heterocycles. The molecule has 2 N–H and O–H groups in total. The first-order valence-electron chi connectivity index (χ1n) is 9.33. The number of benzene rings is 2. The van der Waals surface area contributed by atoms with E-state index in [1.165, 1.54) is 6.08 Å². The van der Waals surface area contributed by atoms with Crippen LogP contribution >= 0.6 is 0 Å². The Bertz CT molecular complexity index is 923. The van der Waals surface area contributed by atoms with Crippen LogP contribution in [-0.2, 0) is 16.8 Å². The van der Waals surface area contributed by atoms with Crippen molar-refractivity contribution >= 4 is 12.0 Å². The molecule has 1 heterocycles. The standard InChI is InChI=1S/C22H23NO5/c1-26-17-6-7-18-16(12-17)3-2-10-22(18,25)13-23-21(24)9-5-15-4-8-19-20(11-15)28-14-27-19/h4-9,11-12,25H,2-3,10,13-14H2,1H3,(H,23,24)/b9-5+/t22-/m1/s1. The summed E-state index contributed by atoms with van der Waals surface area (Å²) in [4.78, 5) is 12.3. The van der Waals surface area contributed by atoms with Crippen molar-refractivity contribution in [1.82, 2.24) is 5.32 Å². The molecule has 4 rings (SSSR count). The molecule has 0 radical (unpaired) electrons. The molecule has 1 aliphatic carbocycles. The molecule has 0 saturated heterocycles. The highest BCUT2D eigenvalue weighted by atomic mass is 16.7. The summed E-state index contributed by atoms with van der Waals surface area (Å²) in [6.45, 7) is 0.381. The van der Waals surface area contributed by atoms with Crippen molar-refractivity contribution in [3.8, 4) is 17.2 Å². The van der Waals surface area contributed by atoms with Gasteiger partial charge in [-0.25, -0.2) is 0 Å². The minimum atomic E-state index is -1.07. The van der Waals surface area contributed by atoms with Gasteiger partial charge in [-0.3, -0.25) is 4.79 Å². The van der Waals surface area contributed by atoms with E-state index in [1.54, 1.807) is 13.2 Å². The molecule has 0 fully saturated rings. The number of ether oxygens (including phenoxy) is 3. The van der Waals surface area contributed by atoms with Crippen molar-refractivity contribution in [3.05, 3.63) is 59.2 Å². The summed E-state index contributed by atoms with van der Waals surface area (Å²) < 4.78 is 15.9. The maximum atomic E-state index is 12.3. The molecule has 0 unspecified atom stereocenters. The number of methoxy groups -OCH3 is 1. The smallest absolute Gasteiger partial charge is 0.244 e. The van der Waals surface area contributed by atoms with E-state index >= 15 is 0 Å². The first kappa shape index (κ1) is 18.4. The number of hydrogen-bond acceptors (Lipinski definition) is 5. The summed E-state index contributed by atoms with van der Waals surface area (Å²) in [7, 11) is 1.63. The fourth-order valence-electron chi connectivity index (χ4n) is 3.73. The fraction of sp³-hybridized carbons (Fsp3) is 0.318. The zero-order valence-electron chi connectivity index (χ0n) is 15.7. The van der Waals surface area contributed by atoms with Crippen molar-refractivity contribution in [1.29, 1.82) is 0 Å². The monoisotopic (exact) mass is 381 g/mol. The molecule has 2 aromatic carbocycles. The lowest BCUT2D eigenvalue weighted by atomic mass is 9.79. The normalized spacial score (nSPS) is 20.1. The lowest BCUT2D eigenvalue weighted by molar-refractivity contribution is -0.118. The van der Waals surface area contributed by atoms with Crippen LogP contribution in [0.4, 0.5) is 0 Å². The summed E-state index contributed by atoms with van der Waals surface area (Å²) in [6.07, 6.45) is 5.53. The van der Waals surface area contributed by atoms with Crippen LogP contribution in [0.15, 0.2) is 42.5 Å². The highest BCUT2D eigenvalue weighted by Gasteiger charge is 2.34. The van der Waals surface area contributed by atoms with Crippen LogP contribution in [0.5, 0.6) is 17.2 Å². The number of aryl methyl sites for hydroxylation is 1. The molecule has 28 heavy (non-hydrogen) atoms. The van der Waals surface area contributed by atoms with Gasteiger partial charge in [-0.05, 0) is 66.3 Å². The van der Waals surface area contributed by atoms with Gasteiger partial charge in [0.05, 0.1) is 13.7 Å². The molecule has 1 amide bonds. The van der Waals surface area contributed by atoms with Crippen LogP contribution in [0.3, 0.4) is 0 Å². The lowest BCUT2D eigenvalue weighted by Gasteiger charge is -2.34. The molecule has 1 aliphatic heterocycles. The van der Waals surface area contributed by atoms with E-state index in [2.05, 4.69) is 5.32 Å². The minimum Gasteiger partial charge on any atom is -0.497 e. The van der Waals surface area contributed by atoms with E-state index in [0.717, 1.165) is 35.3 Å². The van der Waals surface area contributed by atoms with Gasteiger partial charge in [0.2, 0.25) is 12.7 Å². The van der Waals surface area contributed by atoms with Crippen LogP contribution in [0.2, 0.25) is 0 Å². The Balaban J connectivity index is 1.41. The zero-order valence-corrected chi connectivity index (χ0v) is 15.7. The largest absolute Gasteiger partial charge is 0.497 e. The van der Waals surface area contributed by atoms with Gasteiger partial charge in [0.15, 0.2) is 11.5 Å². The number of carbonyl (C=O) groups is 1. The number of nitrogens with one attached hydrogen (secondary N) is 1. The second-order valence-electron chi connectivity index (χ2n) is 7.07. The van der Waals surface area contributed by atoms with Crippen LogP contribution in [0.1, 0.15) is 29.5 Å². The van der Waals surface area contributed by atoms with Crippen molar-refractivity contribution in [2.75, 3.05) is 20.4 Å². The first-order chi connectivity index (χ1) is 13.6. The van der Waals surface area contributed by atoms with Crippen LogP contribution in [-0.4, -0.2) is 31.5 Å². The molecule has 0 saturated carbocycles. The molecule has 2 aliphatic rings. The molecule has 0 bridgehead atoms. The zero-order chi connectivity index (χ0) is 19.6. The molecule has 0 spiro atoms. The molecule has 6 nitrogen and oxygen atoms in total. The number of aliphatic hydroxyl groups is 1. The molecule has 2 aromatic rings. The van der Waals surface area contributed by atoms with Crippen molar-refractivity contribution < 1.29 is 24.1 Å². The van der Waals surface area contributed by atoms with Crippen molar-refractivity contribution in [3.63, 3.8) is 0 Å². The maximum absolute atomic E-state index is 12.3. The minimum absolute atomic E-state index is 0.163. The second-order valence-corrected chi connectivity index (χ2v) is 7.07. The Morgan fingerprint density at radius 1 is 1.25 bits per heavy atom. The molecular formula is C22H23NO5. The van der Waals surface area contributed by atoms with Gasteiger partial charge < -0.3 is 24.6 Å². The molecule has 146 valence electrons. The highest BCUT2D eigenvalue weighted by molar-refractivity contribution is 5.91. The second kappa shape index (κ2) is 7.56.